The summed E-state index contributed by atoms with van der Waals surface area (Å²) < 4.78 is 13.9. The largest absolute Gasteiger partial charge is 0.493 e. The number of ether oxygens (including phenoxy) is 2. The molecule has 0 saturated heterocycles. The van der Waals surface area contributed by atoms with Gasteiger partial charge >= 0.3 is 0 Å². The Balaban J connectivity index is 1.68. The van der Waals surface area contributed by atoms with E-state index in [1.165, 1.54) is 18.4 Å². The number of rotatable bonds is 5. The van der Waals surface area contributed by atoms with Gasteiger partial charge in [0.2, 0.25) is 0 Å². The maximum absolute atomic E-state index is 6.25. The van der Waals surface area contributed by atoms with Crippen molar-refractivity contribution < 1.29 is 9.47 Å². The van der Waals surface area contributed by atoms with Gasteiger partial charge in [-0.25, -0.2) is 9.97 Å². The van der Waals surface area contributed by atoms with E-state index < -0.39 is 0 Å². The number of fused-ring (bicyclic) bond motifs is 1. The molecule has 0 amide bonds. The van der Waals surface area contributed by atoms with Crippen LogP contribution in [0.15, 0.2) is 24.3 Å². The van der Waals surface area contributed by atoms with E-state index in [9.17, 15) is 0 Å². The number of nitrogens with zero attached hydrogens (tertiary/aromatic N) is 3. The molecule has 3 aromatic rings. The summed E-state index contributed by atoms with van der Waals surface area (Å²) in [5.41, 5.74) is 5.26. The minimum atomic E-state index is 0.303. The summed E-state index contributed by atoms with van der Waals surface area (Å²) in [6, 6.07) is 8.28. The highest BCUT2D eigenvalue weighted by Gasteiger charge is 2.19. The Morgan fingerprint density at radius 1 is 1.04 bits per heavy atom. The predicted octanol–water partition coefficient (Wildman–Crippen LogP) is 4.73. The third-order valence-corrected chi connectivity index (χ3v) is 5.38. The third kappa shape index (κ3) is 3.51. The van der Waals surface area contributed by atoms with Crippen molar-refractivity contribution in [3.8, 4) is 11.5 Å². The Labute approximate surface area is 160 Å². The fraction of sp³-hybridized carbons (Fsp3) is 0.455. The highest BCUT2D eigenvalue weighted by atomic mass is 16.5. The summed E-state index contributed by atoms with van der Waals surface area (Å²) in [6.45, 7) is 6.87. The van der Waals surface area contributed by atoms with Crippen LogP contribution < -0.4 is 9.47 Å². The molecular weight excluding hydrogens is 338 g/mol. The first kappa shape index (κ1) is 17.8. The van der Waals surface area contributed by atoms with Gasteiger partial charge in [-0.3, -0.25) is 0 Å². The Bertz CT molecular complexity index is 971. The smallest absolute Gasteiger partial charge is 0.161 e. The molecule has 5 heteroatoms. The molecular formula is C22H27N3O2. The molecule has 27 heavy (non-hydrogen) atoms. The molecule has 0 radical (unpaired) electrons. The van der Waals surface area contributed by atoms with Crippen LogP contribution in [0, 0.1) is 20.8 Å². The molecule has 142 valence electrons. The first-order chi connectivity index (χ1) is 13.0. The Hall–Kier alpha value is -2.56. The minimum absolute atomic E-state index is 0.303. The standard InChI is InChI=1S/C22H27N3O2/c1-14-11-15(2)23-22-21(14)24-16(3)25(22)13-17-9-10-19(26-4)20(12-17)27-18-7-5-6-8-18/h9-12,18H,5-8,13H2,1-4H3. The molecule has 5 nitrogen and oxygen atoms in total. The van der Waals surface area contributed by atoms with Gasteiger partial charge in [-0.05, 0) is 75.8 Å². The van der Waals surface area contributed by atoms with Crippen LogP contribution in [0.5, 0.6) is 11.5 Å². The fourth-order valence-electron chi connectivity index (χ4n) is 3.98. The van der Waals surface area contributed by atoms with E-state index in [0.717, 1.165) is 52.6 Å². The van der Waals surface area contributed by atoms with Crippen LogP contribution in [0.25, 0.3) is 11.2 Å². The van der Waals surface area contributed by atoms with Crippen molar-refractivity contribution in [3.05, 3.63) is 46.9 Å². The van der Waals surface area contributed by atoms with Gasteiger partial charge in [0, 0.05) is 5.69 Å². The van der Waals surface area contributed by atoms with Crippen LogP contribution in [0.1, 0.15) is 48.3 Å². The second kappa shape index (κ2) is 7.22. The average Bonchev–Trinajstić information content (AvgIpc) is 3.25. The quantitative estimate of drug-likeness (QED) is 0.655. The number of imidazole rings is 1. The van der Waals surface area contributed by atoms with Crippen molar-refractivity contribution in [2.75, 3.05) is 7.11 Å². The second-order valence-corrected chi connectivity index (χ2v) is 7.51. The first-order valence-electron chi connectivity index (χ1n) is 9.70. The van der Waals surface area contributed by atoms with Gasteiger partial charge in [0.05, 0.1) is 19.8 Å². The zero-order chi connectivity index (χ0) is 19.0. The number of hydrogen-bond donors (Lipinski definition) is 0. The SMILES string of the molecule is COc1ccc(Cn2c(C)nc3c(C)cc(C)nc32)cc1OC1CCCC1. The molecule has 1 aromatic carbocycles. The van der Waals surface area contributed by atoms with E-state index >= 15 is 0 Å². The molecule has 0 atom stereocenters. The van der Waals surface area contributed by atoms with Crippen molar-refractivity contribution in [2.45, 2.75) is 59.1 Å². The second-order valence-electron chi connectivity index (χ2n) is 7.51. The van der Waals surface area contributed by atoms with Crippen LogP contribution in [-0.2, 0) is 6.54 Å². The molecule has 1 aliphatic carbocycles. The lowest BCUT2D eigenvalue weighted by Crippen LogP contribution is -2.12. The lowest BCUT2D eigenvalue weighted by atomic mass is 10.2. The molecule has 2 aromatic heterocycles. The Morgan fingerprint density at radius 2 is 1.81 bits per heavy atom. The summed E-state index contributed by atoms with van der Waals surface area (Å²) in [5, 5.41) is 0. The van der Waals surface area contributed by atoms with Gasteiger partial charge in [-0.15, -0.1) is 0 Å². The lowest BCUT2D eigenvalue weighted by molar-refractivity contribution is 0.200. The summed E-state index contributed by atoms with van der Waals surface area (Å²) in [7, 11) is 1.69. The molecule has 1 aliphatic rings. The van der Waals surface area contributed by atoms with Crippen molar-refractivity contribution in [1.82, 2.24) is 14.5 Å². The van der Waals surface area contributed by atoms with Crippen molar-refractivity contribution in [1.29, 1.82) is 0 Å². The molecule has 0 N–H and O–H groups in total. The van der Waals surface area contributed by atoms with Crippen LogP contribution in [0.2, 0.25) is 0 Å². The van der Waals surface area contributed by atoms with Crippen molar-refractivity contribution in [3.63, 3.8) is 0 Å². The van der Waals surface area contributed by atoms with E-state index in [1.54, 1.807) is 7.11 Å². The summed E-state index contributed by atoms with van der Waals surface area (Å²) >= 11 is 0. The highest BCUT2D eigenvalue weighted by Crippen LogP contribution is 2.33. The molecule has 0 spiro atoms. The normalized spacial score (nSPS) is 14.8. The average molecular weight is 365 g/mol. The molecule has 0 unspecified atom stereocenters. The fourth-order valence-corrected chi connectivity index (χ4v) is 3.98. The van der Waals surface area contributed by atoms with E-state index in [4.69, 9.17) is 19.4 Å². The highest BCUT2D eigenvalue weighted by molar-refractivity contribution is 5.76. The maximum atomic E-state index is 6.25. The van der Waals surface area contributed by atoms with Gasteiger partial charge in [0.15, 0.2) is 17.1 Å². The Morgan fingerprint density at radius 3 is 2.56 bits per heavy atom. The van der Waals surface area contributed by atoms with E-state index in [0.29, 0.717) is 12.6 Å². The third-order valence-electron chi connectivity index (χ3n) is 5.38. The monoisotopic (exact) mass is 365 g/mol. The molecule has 0 aliphatic heterocycles. The predicted molar refractivity (Wildman–Crippen MR) is 107 cm³/mol. The number of hydrogen-bond acceptors (Lipinski definition) is 4. The first-order valence-corrected chi connectivity index (χ1v) is 9.70. The summed E-state index contributed by atoms with van der Waals surface area (Å²) in [6.07, 6.45) is 5.05. The van der Waals surface area contributed by atoms with Gasteiger partial charge in [0.1, 0.15) is 11.3 Å². The van der Waals surface area contributed by atoms with Gasteiger partial charge in [-0.1, -0.05) is 6.07 Å². The van der Waals surface area contributed by atoms with E-state index in [1.807, 2.05) is 19.9 Å². The van der Waals surface area contributed by atoms with Gasteiger partial charge < -0.3 is 14.0 Å². The number of aryl methyl sites for hydroxylation is 3. The van der Waals surface area contributed by atoms with Gasteiger partial charge in [0.25, 0.3) is 0 Å². The number of benzene rings is 1. The maximum Gasteiger partial charge on any atom is 0.161 e. The van der Waals surface area contributed by atoms with Crippen LogP contribution in [0.4, 0.5) is 0 Å². The molecule has 0 bridgehead atoms. The molecule has 1 saturated carbocycles. The zero-order valence-electron chi connectivity index (χ0n) is 16.6. The van der Waals surface area contributed by atoms with Crippen LogP contribution in [0.3, 0.4) is 0 Å². The van der Waals surface area contributed by atoms with Crippen LogP contribution >= 0.6 is 0 Å². The van der Waals surface area contributed by atoms with Crippen molar-refractivity contribution in [2.24, 2.45) is 0 Å². The molecule has 1 fully saturated rings. The summed E-state index contributed by atoms with van der Waals surface area (Å²) in [5.74, 6) is 2.60. The topological polar surface area (TPSA) is 49.2 Å². The van der Waals surface area contributed by atoms with E-state index in [2.05, 4.69) is 29.7 Å². The van der Waals surface area contributed by atoms with Crippen LogP contribution in [-0.4, -0.2) is 27.7 Å². The van der Waals surface area contributed by atoms with Gasteiger partial charge in [-0.2, -0.15) is 0 Å². The Kier molecular flexibility index (Phi) is 4.77. The number of aromatic nitrogens is 3. The number of pyridine rings is 1. The zero-order valence-corrected chi connectivity index (χ0v) is 16.6. The molecule has 2 heterocycles. The minimum Gasteiger partial charge on any atom is -0.493 e. The summed E-state index contributed by atoms with van der Waals surface area (Å²) in [4.78, 5) is 9.47. The molecule has 4 rings (SSSR count). The van der Waals surface area contributed by atoms with Crippen molar-refractivity contribution >= 4 is 11.2 Å². The lowest BCUT2D eigenvalue weighted by Gasteiger charge is -2.17. The van der Waals surface area contributed by atoms with E-state index in [-0.39, 0.29) is 0 Å². The number of methoxy groups -OCH3 is 1.